The smallest absolute Gasteiger partial charge is 0.123 e. The fourth-order valence-corrected chi connectivity index (χ4v) is 2.49. The minimum atomic E-state index is -0.222. The first-order valence-electron chi connectivity index (χ1n) is 6.24. The van der Waals surface area contributed by atoms with Crippen molar-refractivity contribution in [1.82, 2.24) is 0 Å². The van der Waals surface area contributed by atoms with E-state index in [1.807, 2.05) is 32.0 Å². The van der Waals surface area contributed by atoms with Crippen LogP contribution in [0.4, 0.5) is 4.39 Å². The van der Waals surface area contributed by atoms with E-state index in [2.05, 4.69) is 0 Å². The lowest BCUT2D eigenvalue weighted by molar-refractivity contribution is 0.620. The number of halogens is 2. The second-order valence-corrected chi connectivity index (χ2v) is 5.32. The number of hydrogen-bond donors (Lipinski definition) is 1. The van der Waals surface area contributed by atoms with Crippen LogP contribution >= 0.6 is 11.6 Å². The maximum atomic E-state index is 13.3. The molecule has 19 heavy (non-hydrogen) atoms. The Balaban J connectivity index is 2.25. The monoisotopic (exact) mass is 277 g/mol. The Morgan fingerprint density at radius 3 is 2.53 bits per heavy atom. The van der Waals surface area contributed by atoms with Crippen LogP contribution < -0.4 is 5.73 Å². The van der Waals surface area contributed by atoms with Gasteiger partial charge in [0.1, 0.15) is 5.82 Å². The van der Waals surface area contributed by atoms with E-state index in [9.17, 15) is 4.39 Å². The Morgan fingerprint density at radius 2 is 1.84 bits per heavy atom. The highest BCUT2D eigenvalue weighted by Gasteiger charge is 2.12. The molecule has 0 heterocycles. The van der Waals surface area contributed by atoms with Gasteiger partial charge in [-0.15, -0.1) is 0 Å². The standard InChI is InChI=1S/C16H17ClFN/c1-10-3-5-14(18)8-12(10)9-16(19)15-6-4-13(17)7-11(15)2/h3-8,16H,9,19H2,1-2H3. The summed E-state index contributed by atoms with van der Waals surface area (Å²) < 4.78 is 13.3. The average Bonchev–Trinajstić information content (AvgIpc) is 2.33. The van der Waals surface area contributed by atoms with Crippen LogP contribution in [0.25, 0.3) is 0 Å². The van der Waals surface area contributed by atoms with Crippen molar-refractivity contribution < 1.29 is 4.39 Å². The van der Waals surface area contributed by atoms with Crippen LogP contribution in [-0.2, 0) is 6.42 Å². The molecular formula is C16H17ClFN. The molecule has 2 aromatic rings. The SMILES string of the molecule is Cc1ccc(F)cc1CC(N)c1ccc(Cl)cc1C. The van der Waals surface area contributed by atoms with E-state index in [1.165, 1.54) is 6.07 Å². The molecule has 0 saturated heterocycles. The van der Waals surface area contributed by atoms with E-state index in [-0.39, 0.29) is 11.9 Å². The molecular weight excluding hydrogens is 261 g/mol. The Hall–Kier alpha value is -1.38. The number of benzene rings is 2. The van der Waals surface area contributed by atoms with Gasteiger partial charge in [0.2, 0.25) is 0 Å². The van der Waals surface area contributed by atoms with Gasteiger partial charge in [-0.1, -0.05) is 23.7 Å². The molecule has 0 aliphatic carbocycles. The second-order valence-electron chi connectivity index (χ2n) is 4.88. The highest BCUT2D eigenvalue weighted by Crippen LogP contribution is 2.24. The van der Waals surface area contributed by atoms with Gasteiger partial charge < -0.3 is 5.73 Å². The fourth-order valence-electron chi connectivity index (χ4n) is 2.26. The quantitative estimate of drug-likeness (QED) is 0.887. The summed E-state index contributed by atoms with van der Waals surface area (Å²) in [5, 5.41) is 0.704. The van der Waals surface area contributed by atoms with Gasteiger partial charge in [-0.2, -0.15) is 0 Å². The minimum absolute atomic E-state index is 0.155. The van der Waals surface area contributed by atoms with E-state index in [0.29, 0.717) is 11.4 Å². The second kappa shape index (κ2) is 5.72. The molecule has 0 bridgehead atoms. The largest absolute Gasteiger partial charge is 0.324 e. The van der Waals surface area contributed by atoms with Gasteiger partial charge in [0.05, 0.1) is 0 Å². The number of hydrogen-bond acceptors (Lipinski definition) is 1. The third kappa shape index (κ3) is 3.34. The molecule has 2 aromatic carbocycles. The molecule has 0 saturated carbocycles. The summed E-state index contributed by atoms with van der Waals surface area (Å²) in [5.41, 5.74) is 10.3. The third-order valence-electron chi connectivity index (χ3n) is 3.38. The van der Waals surface area contributed by atoms with E-state index in [1.54, 1.807) is 12.1 Å². The molecule has 1 atom stereocenters. The van der Waals surface area contributed by atoms with Crippen LogP contribution in [0.3, 0.4) is 0 Å². The number of aryl methyl sites for hydroxylation is 2. The van der Waals surface area contributed by atoms with Crippen LogP contribution in [0.15, 0.2) is 36.4 Å². The highest BCUT2D eigenvalue weighted by atomic mass is 35.5. The first kappa shape index (κ1) is 14.0. The van der Waals surface area contributed by atoms with Gasteiger partial charge >= 0.3 is 0 Å². The molecule has 2 rings (SSSR count). The van der Waals surface area contributed by atoms with E-state index >= 15 is 0 Å². The summed E-state index contributed by atoms with van der Waals surface area (Å²) in [6, 6.07) is 10.3. The molecule has 0 aliphatic rings. The van der Waals surface area contributed by atoms with E-state index in [4.69, 9.17) is 17.3 Å². The third-order valence-corrected chi connectivity index (χ3v) is 3.62. The zero-order valence-electron chi connectivity index (χ0n) is 11.1. The summed E-state index contributed by atoms with van der Waals surface area (Å²) in [5.74, 6) is -0.222. The zero-order valence-corrected chi connectivity index (χ0v) is 11.8. The maximum Gasteiger partial charge on any atom is 0.123 e. The van der Waals surface area contributed by atoms with Crippen molar-refractivity contribution in [2.24, 2.45) is 5.73 Å². The van der Waals surface area contributed by atoms with Gasteiger partial charge in [-0.3, -0.25) is 0 Å². The van der Waals surface area contributed by atoms with Crippen LogP contribution in [0.2, 0.25) is 5.02 Å². The number of nitrogens with two attached hydrogens (primary N) is 1. The maximum absolute atomic E-state index is 13.3. The van der Waals surface area contributed by atoms with Crippen molar-refractivity contribution in [3.05, 3.63) is 69.5 Å². The summed E-state index contributed by atoms with van der Waals surface area (Å²) in [7, 11) is 0. The Bertz CT molecular complexity index is 595. The van der Waals surface area contributed by atoms with Crippen LogP contribution in [-0.4, -0.2) is 0 Å². The molecule has 0 aromatic heterocycles. The Morgan fingerprint density at radius 1 is 1.11 bits per heavy atom. The first-order valence-corrected chi connectivity index (χ1v) is 6.62. The molecule has 0 spiro atoms. The molecule has 0 amide bonds. The van der Waals surface area contributed by atoms with Crippen molar-refractivity contribution in [1.29, 1.82) is 0 Å². The van der Waals surface area contributed by atoms with E-state index < -0.39 is 0 Å². The van der Waals surface area contributed by atoms with Crippen LogP contribution in [0.5, 0.6) is 0 Å². The summed E-state index contributed by atoms with van der Waals surface area (Å²) >= 11 is 5.94. The zero-order chi connectivity index (χ0) is 14.0. The lowest BCUT2D eigenvalue weighted by atomic mass is 9.94. The lowest BCUT2D eigenvalue weighted by Gasteiger charge is -2.16. The summed E-state index contributed by atoms with van der Waals surface area (Å²) in [6.45, 7) is 3.95. The van der Waals surface area contributed by atoms with Gasteiger partial charge in [0.15, 0.2) is 0 Å². The van der Waals surface area contributed by atoms with Gasteiger partial charge in [0.25, 0.3) is 0 Å². The van der Waals surface area contributed by atoms with Crippen molar-refractivity contribution >= 4 is 11.6 Å². The number of rotatable bonds is 3. The Labute approximate surface area is 118 Å². The normalized spacial score (nSPS) is 12.5. The van der Waals surface area contributed by atoms with Crippen LogP contribution in [0.1, 0.15) is 28.3 Å². The van der Waals surface area contributed by atoms with Crippen molar-refractivity contribution in [2.45, 2.75) is 26.3 Å². The van der Waals surface area contributed by atoms with Crippen molar-refractivity contribution in [2.75, 3.05) is 0 Å². The lowest BCUT2D eigenvalue weighted by Crippen LogP contribution is -2.15. The van der Waals surface area contributed by atoms with Crippen molar-refractivity contribution in [3.8, 4) is 0 Å². The average molecular weight is 278 g/mol. The first-order chi connectivity index (χ1) is 8.97. The van der Waals surface area contributed by atoms with Gasteiger partial charge in [-0.25, -0.2) is 4.39 Å². The summed E-state index contributed by atoms with van der Waals surface area (Å²) in [4.78, 5) is 0. The topological polar surface area (TPSA) is 26.0 Å². The predicted molar refractivity (Wildman–Crippen MR) is 78.0 cm³/mol. The molecule has 1 nitrogen and oxygen atoms in total. The molecule has 100 valence electrons. The van der Waals surface area contributed by atoms with Gasteiger partial charge in [-0.05, 0) is 66.8 Å². The van der Waals surface area contributed by atoms with Crippen LogP contribution in [0, 0.1) is 19.7 Å². The fraction of sp³-hybridized carbons (Fsp3) is 0.250. The minimum Gasteiger partial charge on any atom is -0.324 e. The van der Waals surface area contributed by atoms with Crippen molar-refractivity contribution in [3.63, 3.8) is 0 Å². The highest BCUT2D eigenvalue weighted by molar-refractivity contribution is 6.30. The van der Waals surface area contributed by atoms with Gasteiger partial charge in [0, 0.05) is 11.1 Å². The molecule has 0 radical (unpaired) electrons. The predicted octanol–water partition coefficient (Wildman–Crippen LogP) is 4.34. The summed E-state index contributed by atoms with van der Waals surface area (Å²) in [6.07, 6.45) is 0.617. The molecule has 3 heteroatoms. The molecule has 0 aliphatic heterocycles. The molecule has 1 unspecified atom stereocenters. The van der Waals surface area contributed by atoms with E-state index in [0.717, 1.165) is 22.3 Å². The molecule has 0 fully saturated rings. The molecule has 2 N–H and O–H groups in total. The Kier molecular flexibility index (Phi) is 4.23.